The Kier molecular flexibility index (Phi) is 3.03. The first-order valence-electron chi connectivity index (χ1n) is 5.56. The molecule has 3 aromatic heterocycles. The monoisotopic (exact) mass is 283 g/mol. The molecule has 0 bridgehead atoms. The second-order valence-corrected chi connectivity index (χ2v) is 5.71. The number of nitrogen functional groups attached to an aromatic ring is 1. The van der Waals surface area contributed by atoms with Crippen molar-refractivity contribution in [1.82, 2.24) is 4.98 Å². The van der Waals surface area contributed by atoms with Crippen LogP contribution >= 0.6 is 22.7 Å². The average molecular weight is 283 g/mol. The average Bonchev–Trinajstić information content (AvgIpc) is 3.07. The molecule has 3 aromatic rings. The van der Waals surface area contributed by atoms with Crippen LogP contribution in [0.3, 0.4) is 0 Å². The molecule has 19 heavy (non-hydrogen) atoms. The van der Waals surface area contributed by atoms with Gasteiger partial charge in [-0.25, -0.2) is 0 Å². The van der Waals surface area contributed by atoms with E-state index < -0.39 is 0 Å². The Morgan fingerprint density at radius 3 is 2.58 bits per heavy atom. The van der Waals surface area contributed by atoms with Crippen LogP contribution in [0.15, 0.2) is 41.4 Å². The first-order chi connectivity index (χ1) is 9.31. The summed E-state index contributed by atoms with van der Waals surface area (Å²) in [6.07, 6.45) is 3.46. The van der Waals surface area contributed by atoms with Gasteiger partial charge in [0.15, 0.2) is 0 Å². The van der Waals surface area contributed by atoms with Gasteiger partial charge in [0.25, 0.3) is 0 Å². The maximum atomic E-state index is 9.17. The molecule has 0 aliphatic rings. The van der Waals surface area contributed by atoms with Crippen molar-refractivity contribution in [3.63, 3.8) is 0 Å². The summed E-state index contributed by atoms with van der Waals surface area (Å²) in [5.41, 5.74) is 9.71. The van der Waals surface area contributed by atoms with E-state index in [2.05, 4.69) is 16.4 Å². The quantitative estimate of drug-likeness (QED) is 0.773. The van der Waals surface area contributed by atoms with Crippen LogP contribution in [0.2, 0.25) is 0 Å². The number of hydrogen-bond donors (Lipinski definition) is 1. The Morgan fingerprint density at radius 2 is 1.95 bits per heavy atom. The second-order valence-electron chi connectivity index (χ2n) is 3.91. The van der Waals surface area contributed by atoms with Gasteiger partial charge in [-0.2, -0.15) is 16.6 Å². The molecule has 0 saturated heterocycles. The smallest absolute Gasteiger partial charge is 0.129 e. The molecule has 0 fully saturated rings. The molecule has 3 rings (SSSR count). The fourth-order valence-corrected chi connectivity index (χ4v) is 3.69. The maximum Gasteiger partial charge on any atom is 0.129 e. The lowest BCUT2D eigenvalue weighted by atomic mass is 10.0. The van der Waals surface area contributed by atoms with Gasteiger partial charge >= 0.3 is 0 Å². The van der Waals surface area contributed by atoms with Crippen molar-refractivity contribution >= 4 is 28.4 Å². The normalized spacial score (nSPS) is 10.3. The Bertz CT molecular complexity index is 737. The maximum absolute atomic E-state index is 9.17. The summed E-state index contributed by atoms with van der Waals surface area (Å²) >= 11 is 3.07. The molecule has 0 amide bonds. The highest BCUT2D eigenvalue weighted by Crippen LogP contribution is 2.44. The molecule has 0 spiro atoms. The van der Waals surface area contributed by atoms with Crippen LogP contribution in [-0.4, -0.2) is 4.98 Å². The van der Waals surface area contributed by atoms with Gasteiger partial charge in [0.05, 0.1) is 5.69 Å². The van der Waals surface area contributed by atoms with Gasteiger partial charge in [-0.1, -0.05) is 0 Å². The highest BCUT2D eigenvalue weighted by Gasteiger charge is 2.18. The molecule has 0 atom stereocenters. The number of hydrogen-bond acceptors (Lipinski definition) is 5. The number of nitrogens with two attached hydrogens (primary N) is 1. The minimum Gasteiger partial charge on any atom is -0.396 e. The summed E-state index contributed by atoms with van der Waals surface area (Å²) in [6, 6.07) is 8.04. The van der Waals surface area contributed by atoms with Crippen molar-refractivity contribution < 1.29 is 0 Å². The summed E-state index contributed by atoms with van der Waals surface area (Å²) in [4.78, 5) is 5.63. The lowest BCUT2D eigenvalue weighted by Crippen LogP contribution is -1.89. The number of anilines is 1. The summed E-state index contributed by atoms with van der Waals surface area (Å²) in [6.45, 7) is 0. The lowest BCUT2D eigenvalue weighted by Gasteiger charge is -2.03. The summed E-state index contributed by atoms with van der Waals surface area (Å²) in [5, 5.41) is 13.3. The van der Waals surface area contributed by atoms with Crippen LogP contribution in [-0.2, 0) is 0 Å². The molecule has 0 aromatic carbocycles. The van der Waals surface area contributed by atoms with Gasteiger partial charge in [0.2, 0.25) is 0 Å². The number of rotatable bonds is 2. The SMILES string of the molecule is N#Cc1sc(-c2ccsc2)c(-c2ccncc2)c1N. The van der Waals surface area contributed by atoms with Crippen LogP contribution in [0.5, 0.6) is 0 Å². The minimum absolute atomic E-state index is 0.555. The molecule has 5 heteroatoms. The third-order valence-corrected chi connectivity index (χ3v) is 4.64. The highest BCUT2D eigenvalue weighted by atomic mass is 32.1. The van der Waals surface area contributed by atoms with E-state index in [1.165, 1.54) is 11.3 Å². The molecule has 3 heterocycles. The fourth-order valence-electron chi connectivity index (χ4n) is 1.93. The molecule has 0 aliphatic heterocycles. The molecule has 0 unspecified atom stereocenters. The highest BCUT2D eigenvalue weighted by molar-refractivity contribution is 7.17. The van der Waals surface area contributed by atoms with Crippen molar-refractivity contribution in [3.05, 3.63) is 46.2 Å². The zero-order valence-corrected chi connectivity index (χ0v) is 11.5. The number of nitrogens with zero attached hydrogens (tertiary/aromatic N) is 2. The fraction of sp³-hybridized carbons (Fsp3) is 0. The molecule has 92 valence electrons. The molecule has 3 nitrogen and oxygen atoms in total. The zero-order chi connectivity index (χ0) is 13.2. The summed E-state index contributed by atoms with van der Waals surface area (Å²) in [5.74, 6) is 0. The van der Waals surface area contributed by atoms with E-state index in [0.717, 1.165) is 21.6 Å². The van der Waals surface area contributed by atoms with Gasteiger partial charge < -0.3 is 5.73 Å². The first kappa shape index (κ1) is 11.9. The number of thiophene rings is 2. The first-order valence-corrected chi connectivity index (χ1v) is 7.32. The summed E-state index contributed by atoms with van der Waals surface area (Å²) < 4.78 is 0. The number of pyridine rings is 1. The van der Waals surface area contributed by atoms with E-state index in [4.69, 9.17) is 5.73 Å². The van der Waals surface area contributed by atoms with E-state index in [1.807, 2.05) is 23.6 Å². The second kappa shape index (κ2) is 4.84. The van der Waals surface area contributed by atoms with Crippen LogP contribution < -0.4 is 5.73 Å². The largest absolute Gasteiger partial charge is 0.396 e. The molecule has 0 saturated carbocycles. The molecule has 0 radical (unpaired) electrons. The Labute approximate surface area is 118 Å². The molecular weight excluding hydrogens is 274 g/mol. The van der Waals surface area contributed by atoms with E-state index in [-0.39, 0.29) is 0 Å². The van der Waals surface area contributed by atoms with Gasteiger partial charge in [0, 0.05) is 28.4 Å². The Morgan fingerprint density at radius 1 is 1.16 bits per heavy atom. The van der Waals surface area contributed by atoms with Crippen molar-refractivity contribution in [2.24, 2.45) is 0 Å². The van der Waals surface area contributed by atoms with E-state index in [9.17, 15) is 5.26 Å². The van der Waals surface area contributed by atoms with Gasteiger partial charge in [-0.15, -0.1) is 11.3 Å². The van der Waals surface area contributed by atoms with Gasteiger partial charge in [-0.3, -0.25) is 4.98 Å². The van der Waals surface area contributed by atoms with E-state index in [1.54, 1.807) is 23.7 Å². The van der Waals surface area contributed by atoms with E-state index in [0.29, 0.717) is 10.6 Å². The summed E-state index contributed by atoms with van der Waals surface area (Å²) in [7, 11) is 0. The third kappa shape index (κ3) is 2.01. The van der Waals surface area contributed by atoms with Crippen molar-refractivity contribution in [3.8, 4) is 27.6 Å². The third-order valence-electron chi connectivity index (χ3n) is 2.80. The van der Waals surface area contributed by atoms with Crippen molar-refractivity contribution in [2.45, 2.75) is 0 Å². The predicted molar refractivity (Wildman–Crippen MR) is 80.0 cm³/mol. The van der Waals surface area contributed by atoms with Gasteiger partial charge in [-0.05, 0) is 34.5 Å². The lowest BCUT2D eigenvalue weighted by molar-refractivity contribution is 1.33. The Balaban J connectivity index is 2.29. The molecular formula is C14H9N3S2. The molecule has 0 aliphatic carbocycles. The van der Waals surface area contributed by atoms with Crippen LogP contribution in [0.1, 0.15) is 4.88 Å². The number of nitriles is 1. The van der Waals surface area contributed by atoms with Crippen LogP contribution in [0.4, 0.5) is 5.69 Å². The molecule has 2 N–H and O–H groups in total. The minimum atomic E-state index is 0.555. The standard InChI is InChI=1S/C14H9N3S2/c15-7-11-13(16)12(9-1-4-17-5-2-9)14(19-11)10-3-6-18-8-10/h1-6,8H,16H2. The van der Waals surface area contributed by atoms with Crippen molar-refractivity contribution in [1.29, 1.82) is 5.26 Å². The predicted octanol–water partition coefficient (Wildman–Crippen LogP) is 3.99. The number of aromatic nitrogens is 1. The Hall–Kier alpha value is -2.16. The topological polar surface area (TPSA) is 62.7 Å². The van der Waals surface area contributed by atoms with Gasteiger partial charge in [0.1, 0.15) is 10.9 Å². The zero-order valence-electron chi connectivity index (χ0n) is 9.83. The van der Waals surface area contributed by atoms with Crippen LogP contribution in [0.25, 0.3) is 21.6 Å². The van der Waals surface area contributed by atoms with Crippen molar-refractivity contribution in [2.75, 3.05) is 5.73 Å². The van der Waals surface area contributed by atoms with E-state index >= 15 is 0 Å². The van der Waals surface area contributed by atoms with Crippen LogP contribution in [0, 0.1) is 11.3 Å².